The zero-order valence-electron chi connectivity index (χ0n) is 19.6. The van der Waals surface area contributed by atoms with E-state index >= 15 is 0 Å². The van der Waals surface area contributed by atoms with Crippen molar-refractivity contribution in [3.8, 4) is 0 Å². The van der Waals surface area contributed by atoms with Crippen LogP contribution in [0, 0.1) is 46.3 Å². The Kier molecular flexibility index (Phi) is 5.96. The Balaban J connectivity index is 1.46. The van der Waals surface area contributed by atoms with E-state index in [0.717, 1.165) is 56.8 Å². The highest BCUT2D eigenvalue weighted by Crippen LogP contribution is 2.66. The molecule has 0 bridgehead atoms. The molecule has 0 unspecified atom stereocenters. The molecule has 0 spiro atoms. The van der Waals surface area contributed by atoms with Gasteiger partial charge in [-0.05, 0) is 85.4 Å². The summed E-state index contributed by atoms with van der Waals surface area (Å²) in [6.45, 7) is 9.34. The maximum atomic E-state index is 12.1. The molecule has 0 saturated heterocycles. The predicted octanol–water partition coefficient (Wildman–Crippen LogP) is 6.66. The fourth-order valence-corrected chi connectivity index (χ4v) is 8.35. The monoisotopic (exact) mass is 414 g/mol. The van der Waals surface area contributed by atoms with Gasteiger partial charge in [-0.1, -0.05) is 52.2 Å². The van der Waals surface area contributed by atoms with Crippen LogP contribution in [0.1, 0.15) is 98.3 Å². The molecule has 3 heteroatoms. The van der Waals surface area contributed by atoms with Crippen LogP contribution in [0.3, 0.4) is 0 Å². The molecule has 4 aliphatic rings. The lowest BCUT2D eigenvalue weighted by Gasteiger charge is -2.57. The second kappa shape index (κ2) is 8.10. The van der Waals surface area contributed by atoms with E-state index in [1.807, 2.05) is 6.92 Å². The first-order valence-electron chi connectivity index (χ1n) is 12.6. The van der Waals surface area contributed by atoms with Crippen LogP contribution >= 0.6 is 0 Å². The summed E-state index contributed by atoms with van der Waals surface area (Å²) in [5.74, 6) is 3.06. The van der Waals surface area contributed by atoms with E-state index in [0.29, 0.717) is 34.4 Å². The number of carboxylic acid groups (broad SMARTS) is 1. The molecule has 1 N–H and O–H groups in total. The van der Waals surface area contributed by atoms with E-state index in [9.17, 15) is 9.59 Å². The summed E-state index contributed by atoms with van der Waals surface area (Å²) in [7, 11) is 0. The van der Waals surface area contributed by atoms with Gasteiger partial charge in [0.2, 0.25) is 0 Å². The Morgan fingerprint density at radius 1 is 1.10 bits per heavy atom. The smallest absolute Gasteiger partial charge is 0.306 e. The number of hydrogen-bond donors (Lipinski definition) is 1. The molecule has 0 aromatic carbocycles. The summed E-state index contributed by atoms with van der Waals surface area (Å²) in [5.41, 5.74) is 2.52. The van der Waals surface area contributed by atoms with Gasteiger partial charge in [-0.25, -0.2) is 0 Å². The van der Waals surface area contributed by atoms with Crippen molar-refractivity contribution in [2.45, 2.75) is 98.3 Å². The molecule has 0 aromatic rings. The molecule has 8 atom stereocenters. The van der Waals surface area contributed by atoms with E-state index in [-0.39, 0.29) is 5.92 Å². The molecule has 30 heavy (non-hydrogen) atoms. The number of allylic oxidation sites excluding steroid dienone is 2. The average molecular weight is 415 g/mol. The minimum Gasteiger partial charge on any atom is -0.481 e. The van der Waals surface area contributed by atoms with Crippen molar-refractivity contribution in [1.82, 2.24) is 0 Å². The van der Waals surface area contributed by atoms with Gasteiger partial charge in [0.25, 0.3) is 0 Å². The number of carboxylic acids is 1. The number of hydrogen-bond acceptors (Lipinski definition) is 2. The van der Waals surface area contributed by atoms with Gasteiger partial charge >= 0.3 is 5.97 Å². The molecule has 3 fully saturated rings. The SMILES string of the molecule is C[C@H](CCC[C@H](C)C(=O)O)[C@H]1CC[C@H]2C3=CC[C@H]4CC(=O)CC[C@]4(C)[C@H]3CC[C@]12C. The first kappa shape index (κ1) is 22.1. The Bertz CT molecular complexity index is 724. The topological polar surface area (TPSA) is 54.4 Å². The lowest BCUT2D eigenvalue weighted by Crippen LogP contribution is -2.49. The van der Waals surface area contributed by atoms with E-state index in [1.165, 1.54) is 25.7 Å². The molecule has 4 aliphatic carbocycles. The van der Waals surface area contributed by atoms with Crippen molar-refractivity contribution in [3.05, 3.63) is 11.6 Å². The number of Topliss-reactive ketones (excluding diaryl/α,β-unsaturated/α-hetero) is 1. The predicted molar refractivity (Wildman–Crippen MR) is 120 cm³/mol. The molecule has 0 radical (unpaired) electrons. The van der Waals surface area contributed by atoms with Gasteiger partial charge in [0.1, 0.15) is 5.78 Å². The van der Waals surface area contributed by atoms with Gasteiger partial charge in [-0.3, -0.25) is 9.59 Å². The fourth-order valence-electron chi connectivity index (χ4n) is 8.35. The van der Waals surface area contributed by atoms with Crippen molar-refractivity contribution >= 4 is 11.8 Å². The number of aliphatic carboxylic acids is 1. The molecular formula is C27H42O3. The van der Waals surface area contributed by atoms with Gasteiger partial charge in [-0.2, -0.15) is 0 Å². The lowest BCUT2D eigenvalue weighted by molar-refractivity contribution is -0.141. The highest BCUT2D eigenvalue weighted by molar-refractivity contribution is 5.79. The van der Waals surface area contributed by atoms with Gasteiger partial charge < -0.3 is 5.11 Å². The number of fused-ring (bicyclic) bond motifs is 5. The Hall–Kier alpha value is -1.12. The lowest BCUT2D eigenvalue weighted by atomic mass is 9.47. The minimum absolute atomic E-state index is 0.219. The van der Waals surface area contributed by atoms with Crippen LogP contribution < -0.4 is 0 Å². The second-order valence-corrected chi connectivity index (χ2v) is 11.9. The highest BCUT2D eigenvalue weighted by atomic mass is 16.4. The van der Waals surface area contributed by atoms with E-state index in [1.54, 1.807) is 5.57 Å². The first-order valence-corrected chi connectivity index (χ1v) is 12.6. The highest BCUT2D eigenvalue weighted by Gasteiger charge is 2.58. The summed E-state index contributed by atoms with van der Waals surface area (Å²) in [4.78, 5) is 23.2. The van der Waals surface area contributed by atoms with E-state index in [2.05, 4.69) is 26.8 Å². The molecule has 0 aromatic heterocycles. The van der Waals surface area contributed by atoms with Crippen molar-refractivity contribution < 1.29 is 14.7 Å². The summed E-state index contributed by atoms with van der Waals surface area (Å²) in [5, 5.41) is 9.16. The van der Waals surface area contributed by atoms with Gasteiger partial charge in [0.15, 0.2) is 0 Å². The third-order valence-corrected chi connectivity index (χ3v) is 10.4. The summed E-state index contributed by atoms with van der Waals surface area (Å²) < 4.78 is 0. The molecule has 3 nitrogen and oxygen atoms in total. The largest absolute Gasteiger partial charge is 0.481 e. The van der Waals surface area contributed by atoms with Crippen molar-refractivity contribution in [2.75, 3.05) is 0 Å². The molecule has 168 valence electrons. The van der Waals surface area contributed by atoms with Crippen molar-refractivity contribution in [1.29, 1.82) is 0 Å². The number of rotatable bonds is 6. The van der Waals surface area contributed by atoms with Crippen LogP contribution in [-0.4, -0.2) is 16.9 Å². The quantitative estimate of drug-likeness (QED) is 0.494. The normalized spacial score (nSPS) is 42.5. The standard InChI is InChI=1S/C27H42O3/c1-17(6-5-7-18(2)25(29)30)22-10-11-23-21-9-8-19-16-20(28)12-14-26(19,3)24(21)13-15-27(22,23)4/h9,17-19,22-24H,5-8,10-16H2,1-4H3,(H,29,30)/t17-,18+,19+,22-,23+,24+,26+,27-/m1/s1. The molecule has 3 saturated carbocycles. The zero-order chi connectivity index (χ0) is 21.7. The Morgan fingerprint density at radius 3 is 2.57 bits per heavy atom. The summed E-state index contributed by atoms with van der Waals surface area (Å²) in [6, 6.07) is 0. The molecular weight excluding hydrogens is 372 g/mol. The Labute approximate surface area is 183 Å². The van der Waals surface area contributed by atoms with E-state index < -0.39 is 5.97 Å². The van der Waals surface area contributed by atoms with Crippen LogP contribution in [0.4, 0.5) is 0 Å². The third-order valence-electron chi connectivity index (χ3n) is 10.4. The summed E-state index contributed by atoms with van der Waals surface area (Å²) >= 11 is 0. The van der Waals surface area contributed by atoms with Gasteiger partial charge in [0, 0.05) is 12.8 Å². The zero-order valence-corrected chi connectivity index (χ0v) is 19.6. The van der Waals surface area contributed by atoms with Crippen LogP contribution in [-0.2, 0) is 9.59 Å². The number of carbonyl (C=O) groups is 2. The van der Waals surface area contributed by atoms with Crippen LogP contribution in [0.5, 0.6) is 0 Å². The first-order chi connectivity index (χ1) is 14.2. The van der Waals surface area contributed by atoms with Crippen molar-refractivity contribution in [2.24, 2.45) is 46.3 Å². The molecule has 0 aliphatic heterocycles. The van der Waals surface area contributed by atoms with Crippen LogP contribution in [0.15, 0.2) is 11.6 Å². The third kappa shape index (κ3) is 3.58. The fraction of sp³-hybridized carbons (Fsp3) is 0.852. The Morgan fingerprint density at radius 2 is 1.83 bits per heavy atom. The second-order valence-electron chi connectivity index (χ2n) is 11.9. The van der Waals surface area contributed by atoms with Crippen LogP contribution in [0.2, 0.25) is 0 Å². The molecule has 0 heterocycles. The molecule has 0 amide bonds. The maximum absolute atomic E-state index is 12.1. The average Bonchev–Trinajstić information content (AvgIpc) is 3.05. The van der Waals surface area contributed by atoms with Crippen LogP contribution in [0.25, 0.3) is 0 Å². The van der Waals surface area contributed by atoms with Crippen molar-refractivity contribution in [3.63, 3.8) is 0 Å². The number of carbonyl (C=O) groups excluding carboxylic acids is 1. The maximum Gasteiger partial charge on any atom is 0.306 e. The van der Waals surface area contributed by atoms with Gasteiger partial charge in [-0.15, -0.1) is 0 Å². The van der Waals surface area contributed by atoms with E-state index in [4.69, 9.17) is 5.11 Å². The van der Waals surface area contributed by atoms with Gasteiger partial charge in [0.05, 0.1) is 5.92 Å². The summed E-state index contributed by atoms with van der Waals surface area (Å²) in [6.07, 6.45) is 14.7. The minimum atomic E-state index is -0.658. The number of ketones is 1. The molecule has 4 rings (SSSR count).